The Bertz CT molecular complexity index is 935. The zero-order valence-electron chi connectivity index (χ0n) is 14.7. The second-order valence-corrected chi connectivity index (χ2v) is 6.78. The van der Waals surface area contributed by atoms with Gasteiger partial charge in [0.05, 0.1) is 12.0 Å². The normalized spacial score (nSPS) is 17.1. The predicted octanol–water partition coefficient (Wildman–Crippen LogP) is 4.17. The first-order chi connectivity index (χ1) is 13.1. The molecule has 6 heteroatoms. The maximum atomic E-state index is 13.1. The van der Waals surface area contributed by atoms with Gasteiger partial charge in [0.1, 0.15) is 11.6 Å². The van der Waals surface area contributed by atoms with Gasteiger partial charge >= 0.3 is 0 Å². The van der Waals surface area contributed by atoms with E-state index >= 15 is 0 Å². The van der Waals surface area contributed by atoms with Gasteiger partial charge in [-0.1, -0.05) is 0 Å². The minimum Gasteiger partial charge on any atom is -0.338 e. The van der Waals surface area contributed by atoms with Crippen LogP contribution in [0.4, 0.5) is 8.78 Å². The van der Waals surface area contributed by atoms with E-state index in [0.29, 0.717) is 18.7 Å². The van der Waals surface area contributed by atoms with Crippen molar-refractivity contribution < 1.29 is 13.6 Å². The summed E-state index contributed by atoms with van der Waals surface area (Å²) in [7, 11) is 0. The van der Waals surface area contributed by atoms with E-state index in [2.05, 4.69) is 4.98 Å². The molecule has 4 rings (SSSR count). The summed E-state index contributed by atoms with van der Waals surface area (Å²) in [6.07, 6.45) is 5.49. The van der Waals surface area contributed by atoms with Crippen LogP contribution in [0.25, 0.3) is 5.69 Å². The van der Waals surface area contributed by atoms with E-state index in [9.17, 15) is 13.6 Å². The molecule has 4 nitrogen and oxygen atoms in total. The number of nitrogens with zero attached hydrogens (tertiary/aromatic N) is 3. The standard InChI is InChI=1S/C21H19F2N3O/c22-17-5-3-15(4-6-17)21(27)25-11-1-2-16(12-25)20-13-26(14-24-20)19-9-7-18(23)8-10-19/h3-10,13-14,16H,1-2,11-12H2/t16-/m1/s1. The number of hydrogen-bond donors (Lipinski definition) is 0. The maximum absolute atomic E-state index is 13.1. The summed E-state index contributed by atoms with van der Waals surface area (Å²) in [5.74, 6) is -0.571. The van der Waals surface area contributed by atoms with Crippen molar-refractivity contribution in [2.45, 2.75) is 18.8 Å². The molecule has 1 aliphatic rings. The van der Waals surface area contributed by atoms with Crippen LogP contribution in [0.15, 0.2) is 61.1 Å². The van der Waals surface area contributed by atoms with E-state index in [1.165, 1.54) is 36.4 Å². The average Bonchev–Trinajstić information content (AvgIpc) is 3.19. The van der Waals surface area contributed by atoms with Crippen molar-refractivity contribution in [2.75, 3.05) is 13.1 Å². The molecule has 2 aromatic carbocycles. The number of halogens is 2. The quantitative estimate of drug-likeness (QED) is 0.697. The van der Waals surface area contributed by atoms with Crippen molar-refractivity contribution in [2.24, 2.45) is 0 Å². The Morgan fingerprint density at radius 3 is 2.37 bits per heavy atom. The number of piperidine rings is 1. The Hall–Kier alpha value is -3.02. The van der Waals surface area contributed by atoms with Gasteiger partial charge in [0, 0.05) is 36.5 Å². The molecule has 0 saturated carbocycles. The fourth-order valence-corrected chi connectivity index (χ4v) is 3.48. The van der Waals surface area contributed by atoms with Crippen molar-refractivity contribution >= 4 is 5.91 Å². The third-order valence-corrected chi connectivity index (χ3v) is 4.95. The molecule has 1 aliphatic heterocycles. The van der Waals surface area contributed by atoms with Gasteiger partial charge in [0.25, 0.3) is 5.91 Å². The molecule has 1 aromatic heterocycles. The molecule has 1 saturated heterocycles. The van der Waals surface area contributed by atoms with Crippen molar-refractivity contribution in [1.82, 2.24) is 14.5 Å². The smallest absolute Gasteiger partial charge is 0.253 e. The van der Waals surface area contributed by atoms with Gasteiger partial charge in [0.2, 0.25) is 0 Å². The first-order valence-corrected chi connectivity index (χ1v) is 8.95. The zero-order chi connectivity index (χ0) is 18.8. The van der Waals surface area contributed by atoms with Gasteiger partial charge in [0.15, 0.2) is 0 Å². The lowest BCUT2D eigenvalue weighted by atomic mass is 9.94. The van der Waals surface area contributed by atoms with E-state index in [1.807, 2.05) is 10.8 Å². The van der Waals surface area contributed by atoms with Gasteiger partial charge in [-0.25, -0.2) is 13.8 Å². The van der Waals surface area contributed by atoms with Crippen LogP contribution in [-0.4, -0.2) is 33.4 Å². The number of hydrogen-bond acceptors (Lipinski definition) is 2. The summed E-state index contributed by atoms with van der Waals surface area (Å²) in [6.45, 7) is 1.27. The summed E-state index contributed by atoms with van der Waals surface area (Å²) >= 11 is 0. The minimum absolute atomic E-state index is 0.0855. The average molecular weight is 367 g/mol. The Kier molecular flexibility index (Phi) is 4.71. The largest absolute Gasteiger partial charge is 0.338 e. The Morgan fingerprint density at radius 2 is 1.67 bits per heavy atom. The molecule has 27 heavy (non-hydrogen) atoms. The fourth-order valence-electron chi connectivity index (χ4n) is 3.48. The Morgan fingerprint density at radius 1 is 1.00 bits per heavy atom. The van der Waals surface area contributed by atoms with Crippen LogP contribution in [0.1, 0.15) is 34.8 Å². The highest BCUT2D eigenvalue weighted by Crippen LogP contribution is 2.27. The van der Waals surface area contributed by atoms with Crippen molar-refractivity contribution in [1.29, 1.82) is 0 Å². The molecule has 0 unspecified atom stereocenters. The zero-order valence-corrected chi connectivity index (χ0v) is 14.7. The van der Waals surface area contributed by atoms with Crippen LogP contribution in [-0.2, 0) is 0 Å². The van der Waals surface area contributed by atoms with Gasteiger partial charge in [-0.05, 0) is 61.4 Å². The van der Waals surface area contributed by atoms with Crippen molar-refractivity contribution in [3.8, 4) is 5.69 Å². The number of carbonyl (C=O) groups is 1. The van der Waals surface area contributed by atoms with Crippen molar-refractivity contribution in [3.05, 3.63) is 83.9 Å². The highest BCUT2D eigenvalue weighted by Gasteiger charge is 2.27. The molecule has 1 atom stereocenters. The number of carbonyl (C=O) groups excluding carboxylic acids is 1. The number of likely N-dealkylation sites (tertiary alicyclic amines) is 1. The summed E-state index contributed by atoms with van der Waals surface area (Å²) in [5.41, 5.74) is 2.25. The second-order valence-electron chi connectivity index (χ2n) is 6.78. The number of amides is 1. The summed E-state index contributed by atoms with van der Waals surface area (Å²) < 4.78 is 28.0. The third kappa shape index (κ3) is 3.74. The monoisotopic (exact) mass is 367 g/mol. The molecule has 3 aromatic rings. The number of rotatable bonds is 3. The Labute approximate surface area is 156 Å². The van der Waals surface area contributed by atoms with E-state index in [1.54, 1.807) is 23.4 Å². The molecule has 0 N–H and O–H groups in total. The fraction of sp³-hybridized carbons (Fsp3) is 0.238. The molecular weight excluding hydrogens is 348 g/mol. The summed E-state index contributed by atoms with van der Waals surface area (Å²) in [4.78, 5) is 19.0. The highest BCUT2D eigenvalue weighted by atomic mass is 19.1. The van der Waals surface area contributed by atoms with Gasteiger partial charge < -0.3 is 9.47 Å². The third-order valence-electron chi connectivity index (χ3n) is 4.95. The topological polar surface area (TPSA) is 38.1 Å². The lowest BCUT2D eigenvalue weighted by molar-refractivity contribution is 0.0706. The van der Waals surface area contributed by atoms with E-state index in [-0.39, 0.29) is 23.5 Å². The van der Waals surface area contributed by atoms with Crippen molar-refractivity contribution in [3.63, 3.8) is 0 Å². The SMILES string of the molecule is O=C(c1ccc(F)cc1)N1CCC[C@@H](c2cn(-c3ccc(F)cc3)cn2)C1. The van der Waals surface area contributed by atoms with Crippen LogP contribution in [0.5, 0.6) is 0 Å². The molecule has 0 spiro atoms. The number of benzene rings is 2. The van der Waals surface area contributed by atoms with Gasteiger partial charge in [-0.2, -0.15) is 0 Å². The summed E-state index contributed by atoms with van der Waals surface area (Å²) in [6, 6.07) is 11.9. The molecular formula is C21H19F2N3O. The van der Waals surface area contributed by atoms with Crippen LogP contribution < -0.4 is 0 Å². The maximum Gasteiger partial charge on any atom is 0.253 e. The second kappa shape index (κ2) is 7.31. The molecule has 1 fully saturated rings. The van der Waals surface area contributed by atoms with Gasteiger partial charge in [-0.3, -0.25) is 4.79 Å². The van der Waals surface area contributed by atoms with Crippen LogP contribution in [0.3, 0.4) is 0 Å². The van der Waals surface area contributed by atoms with E-state index in [4.69, 9.17) is 0 Å². The van der Waals surface area contributed by atoms with Crippen LogP contribution in [0.2, 0.25) is 0 Å². The minimum atomic E-state index is -0.352. The number of imidazole rings is 1. The molecule has 0 aliphatic carbocycles. The lowest BCUT2D eigenvalue weighted by Crippen LogP contribution is -2.39. The summed E-state index contributed by atoms with van der Waals surface area (Å²) in [5, 5.41) is 0. The Balaban J connectivity index is 1.49. The van der Waals surface area contributed by atoms with Crippen LogP contribution in [0, 0.1) is 11.6 Å². The molecule has 0 bridgehead atoms. The van der Waals surface area contributed by atoms with E-state index in [0.717, 1.165) is 24.2 Å². The predicted molar refractivity (Wildman–Crippen MR) is 97.8 cm³/mol. The molecule has 2 heterocycles. The van der Waals surface area contributed by atoms with E-state index < -0.39 is 0 Å². The lowest BCUT2D eigenvalue weighted by Gasteiger charge is -2.32. The van der Waals surface area contributed by atoms with Crippen LogP contribution >= 0.6 is 0 Å². The van der Waals surface area contributed by atoms with Gasteiger partial charge in [-0.15, -0.1) is 0 Å². The first-order valence-electron chi connectivity index (χ1n) is 8.95. The first kappa shape index (κ1) is 17.4. The molecule has 138 valence electrons. The number of aromatic nitrogens is 2. The molecule has 1 amide bonds. The highest BCUT2D eigenvalue weighted by molar-refractivity contribution is 5.94. The molecule has 0 radical (unpaired) electrons.